The number of benzene rings is 2. The van der Waals surface area contributed by atoms with Crippen molar-refractivity contribution in [3.05, 3.63) is 59.2 Å². The average molecular weight is 382 g/mol. The van der Waals surface area contributed by atoms with E-state index in [-0.39, 0.29) is 18.4 Å². The molecule has 1 heterocycles. The number of morpholine rings is 1. The molecule has 0 spiro atoms. The Kier molecular flexibility index (Phi) is 6.66. The number of ether oxygens (including phenoxy) is 2. The molecular formula is C22H26N2O4. The first-order valence-electron chi connectivity index (χ1n) is 9.45. The molecule has 6 heteroatoms. The van der Waals surface area contributed by atoms with E-state index < -0.39 is 0 Å². The van der Waals surface area contributed by atoms with E-state index in [1.165, 1.54) is 0 Å². The fourth-order valence-corrected chi connectivity index (χ4v) is 3.25. The Hall–Kier alpha value is -2.86. The maximum Gasteiger partial charge on any atom is 0.260 e. The lowest BCUT2D eigenvalue weighted by atomic mass is 10.0. The zero-order chi connectivity index (χ0) is 19.9. The minimum Gasteiger partial charge on any atom is -0.484 e. The second kappa shape index (κ2) is 9.37. The van der Waals surface area contributed by atoms with Crippen LogP contribution in [0.15, 0.2) is 42.5 Å². The Morgan fingerprint density at radius 1 is 1.04 bits per heavy atom. The summed E-state index contributed by atoms with van der Waals surface area (Å²) in [4.78, 5) is 26.1. The summed E-state index contributed by atoms with van der Waals surface area (Å²) in [6, 6.07) is 13.2. The number of carbonyl (C=O) groups excluding carboxylic acids is 2. The molecule has 6 nitrogen and oxygen atoms in total. The third kappa shape index (κ3) is 5.82. The molecule has 3 rings (SSSR count). The lowest BCUT2D eigenvalue weighted by molar-refractivity contribution is -0.137. The van der Waals surface area contributed by atoms with E-state index >= 15 is 0 Å². The summed E-state index contributed by atoms with van der Waals surface area (Å²) in [5, 5.41) is 2.89. The van der Waals surface area contributed by atoms with E-state index in [0.717, 1.165) is 16.7 Å². The molecule has 2 aromatic carbocycles. The van der Waals surface area contributed by atoms with Crippen molar-refractivity contribution in [2.45, 2.75) is 20.3 Å². The standard InChI is InChI=1S/C22H26N2O4/c1-16-11-17(2)13-18(12-16)14-21(25)23-19-3-5-20(6-4-19)28-15-22(26)24-7-9-27-10-8-24/h3-6,11-13H,7-10,14-15H2,1-2H3,(H,23,25). The maximum atomic E-state index is 12.3. The third-order valence-corrected chi connectivity index (χ3v) is 4.51. The van der Waals surface area contributed by atoms with Crippen molar-refractivity contribution < 1.29 is 19.1 Å². The average Bonchev–Trinajstić information content (AvgIpc) is 2.67. The molecule has 2 aromatic rings. The minimum atomic E-state index is -0.0684. The number of nitrogens with one attached hydrogen (secondary N) is 1. The van der Waals surface area contributed by atoms with Gasteiger partial charge >= 0.3 is 0 Å². The molecule has 28 heavy (non-hydrogen) atoms. The summed E-state index contributed by atoms with van der Waals surface area (Å²) >= 11 is 0. The minimum absolute atomic E-state index is 0.00157. The SMILES string of the molecule is Cc1cc(C)cc(CC(=O)Nc2ccc(OCC(=O)N3CCOCC3)cc2)c1. The predicted molar refractivity (Wildman–Crippen MR) is 108 cm³/mol. The van der Waals surface area contributed by atoms with Gasteiger partial charge in [0.2, 0.25) is 5.91 Å². The van der Waals surface area contributed by atoms with Gasteiger partial charge in [-0.25, -0.2) is 0 Å². The first-order chi connectivity index (χ1) is 13.5. The van der Waals surface area contributed by atoms with Gasteiger partial charge in [-0.3, -0.25) is 9.59 Å². The Labute approximate surface area is 165 Å². The fraction of sp³-hybridized carbons (Fsp3) is 0.364. The van der Waals surface area contributed by atoms with Crippen molar-refractivity contribution in [3.8, 4) is 5.75 Å². The molecule has 1 saturated heterocycles. The molecule has 1 aliphatic heterocycles. The Balaban J connectivity index is 1.48. The second-order valence-electron chi connectivity index (χ2n) is 7.03. The zero-order valence-corrected chi connectivity index (χ0v) is 16.4. The molecule has 0 bridgehead atoms. The van der Waals surface area contributed by atoms with E-state index in [9.17, 15) is 9.59 Å². The number of anilines is 1. The van der Waals surface area contributed by atoms with Gasteiger partial charge in [0.15, 0.2) is 6.61 Å². The first kappa shape index (κ1) is 19.9. The number of aryl methyl sites for hydroxylation is 2. The number of amides is 2. The summed E-state index contributed by atoms with van der Waals surface area (Å²) in [5.41, 5.74) is 3.99. The molecule has 1 N–H and O–H groups in total. The topological polar surface area (TPSA) is 67.9 Å². The summed E-state index contributed by atoms with van der Waals surface area (Å²) in [5.74, 6) is 0.476. The van der Waals surface area contributed by atoms with Gasteiger partial charge in [-0.1, -0.05) is 29.3 Å². The number of rotatable bonds is 6. The van der Waals surface area contributed by atoms with Crippen LogP contribution in [0.5, 0.6) is 5.75 Å². The maximum absolute atomic E-state index is 12.3. The molecule has 0 unspecified atom stereocenters. The first-order valence-corrected chi connectivity index (χ1v) is 9.45. The quantitative estimate of drug-likeness (QED) is 0.834. The zero-order valence-electron chi connectivity index (χ0n) is 16.4. The van der Waals surface area contributed by atoms with E-state index in [4.69, 9.17) is 9.47 Å². The van der Waals surface area contributed by atoms with E-state index in [0.29, 0.717) is 44.2 Å². The summed E-state index contributed by atoms with van der Waals surface area (Å²) in [6.45, 7) is 6.40. The van der Waals surface area contributed by atoms with Gasteiger partial charge in [0.05, 0.1) is 19.6 Å². The summed E-state index contributed by atoms with van der Waals surface area (Å²) in [6.07, 6.45) is 0.328. The van der Waals surface area contributed by atoms with Crippen LogP contribution in [0, 0.1) is 13.8 Å². The van der Waals surface area contributed by atoms with Gasteiger partial charge < -0.3 is 19.7 Å². The van der Waals surface area contributed by atoms with Crippen molar-refractivity contribution >= 4 is 17.5 Å². The van der Waals surface area contributed by atoms with Gasteiger partial charge in [-0.15, -0.1) is 0 Å². The predicted octanol–water partition coefficient (Wildman–Crippen LogP) is 2.72. The molecule has 0 radical (unpaired) electrons. The largest absolute Gasteiger partial charge is 0.484 e. The highest BCUT2D eigenvalue weighted by molar-refractivity contribution is 5.92. The third-order valence-electron chi connectivity index (χ3n) is 4.51. The lowest BCUT2D eigenvalue weighted by Gasteiger charge is -2.26. The van der Waals surface area contributed by atoms with Crippen LogP contribution in [0.2, 0.25) is 0 Å². The summed E-state index contributed by atoms with van der Waals surface area (Å²) in [7, 11) is 0. The molecule has 1 fully saturated rings. The second-order valence-corrected chi connectivity index (χ2v) is 7.03. The molecule has 0 aliphatic carbocycles. The van der Waals surface area contributed by atoms with E-state index in [1.54, 1.807) is 29.2 Å². The van der Waals surface area contributed by atoms with Crippen LogP contribution in [-0.4, -0.2) is 49.6 Å². The molecule has 2 amide bonds. The molecular weight excluding hydrogens is 356 g/mol. The number of nitrogens with zero attached hydrogens (tertiary/aromatic N) is 1. The Morgan fingerprint density at radius 3 is 2.32 bits per heavy atom. The van der Waals surface area contributed by atoms with Crippen LogP contribution in [0.1, 0.15) is 16.7 Å². The van der Waals surface area contributed by atoms with Gasteiger partial charge in [-0.2, -0.15) is 0 Å². The van der Waals surface area contributed by atoms with E-state index in [1.807, 2.05) is 26.0 Å². The Morgan fingerprint density at radius 2 is 1.68 bits per heavy atom. The van der Waals surface area contributed by atoms with Crippen LogP contribution >= 0.6 is 0 Å². The van der Waals surface area contributed by atoms with Gasteiger partial charge in [-0.05, 0) is 43.7 Å². The number of hydrogen-bond acceptors (Lipinski definition) is 4. The number of hydrogen-bond donors (Lipinski definition) is 1. The molecule has 0 saturated carbocycles. The fourth-order valence-electron chi connectivity index (χ4n) is 3.25. The van der Waals surface area contributed by atoms with Crippen LogP contribution in [-0.2, 0) is 20.7 Å². The summed E-state index contributed by atoms with van der Waals surface area (Å²) < 4.78 is 10.8. The van der Waals surface area contributed by atoms with Crippen molar-refractivity contribution in [2.75, 3.05) is 38.2 Å². The Bertz CT molecular complexity index is 807. The van der Waals surface area contributed by atoms with Crippen molar-refractivity contribution in [3.63, 3.8) is 0 Å². The van der Waals surface area contributed by atoms with Gasteiger partial charge in [0.25, 0.3) is 5.91 Å². The van der Waals surface area contributed by atoms with Crippen molar-refractivity contribution in [1.82, 2.24) is 4.90 Å². The van der Waals surface area contributed by atoms with Crippen LogP contribution in [0.4, 0.5) is 5.69 Å². The monoisotopic (exact) mass is 382 g/mol. The highest BCUT2D eigenvalue weighted by Gasteiger charge is 2.17. The molecule has 148 valence electrons. The highest BCUT2D eigenvalue weighted by Crippen LogP contribution is 2.17. The number of carbonyl (C=O) groups is 2. The van der Waals surface area contributed by atoms with Crippen molar-refractivity contribution in [2.24, 2.45) is 0 Å². The molecule has 0 atom stereocenters. The molecule has 1 aliphatic rings. The van der Waals surface area contributed by atoms with Crippen molar-refractivity contribution in [1.29, 1.82) is 0 Å². The van der Waals surface area contributed by atoms with Crippen LogP contribution in [0.3, 0.4) is 0 Å². The normalized spacial score (nSPS) is 13.9. The van der Waals surface area contributed by atoms with Gasteiger partial charge in [0.1, 0.15) is 5.75 Å². The van der Waals surface area contributed by atoms with Gasteiger partial charge in [0, 0.05) is 18.8 Å². The molecule has 0 aromatic heterocycles. The van der Waals surface area contributed by atoms with Crippen LogP contribution < -0.4 is 10.1 Å². The lowest BCUT2D eigenvalue weighted by Crippen LogP contribution is -2.42. The highest BCUT2D eigenvalue weighted by atomic mass is 16.5. The van der Waals surface area contributed by atoms with E-state index in [2.05, 4.69) is 11.4 Å². The van der Waals surface area contributed by atoms with Crippen LogP contribution in [0.25, 0.3) is 0 Å². The smallest absolute Gasteiger partial charge is 0.260 e.